The smallest absolute Gasteiger partial charge is 0.234 e. The average Bonchev–Trinajstić information content (AvgIpc) is 3.01. The number of nitrogens with zero attached hydrogens (tertiary/aromatic N) is 2. The molecular weight excluding hydrogens is 292 g/mol. The first kappa shape index (κ1) is 18.2. The van der Waals surface area contributed by atoms with Gasteiger partial charge in [0.15, 0.2) is 0 Å². The topological polar surface area (TPSA) is 64.7 Å². The lowest BCUT2D eigenvalue weighted by atomic mass is 10.2. The van der Waals surface area contributed by atoms with Crippen LogP contribution in [0.1, 0.15) is 46.0 Å². The monoisotopic (exact) mass is 324 g/mol. The average molecular weight is 324 g/mol. The van der Waals surface area contributed by atoms with Crippen molar-refractivity contribution < 1.29 is 9.59 Å². The Morgan fingerprint density at radius 2 is 1.52 bits per heavy atom. The quantitative estimate of drug-likeness (QED) is 0.719. The van der Waals surface area contributed by atoms with Crippen LogP contribution < -0.4 is 10.6 Å². The maximum atomic E-state index is 12.1. The molecule has 6 heteroatoms. The minimum absolute atomic E-state index is 0.103. The zero-order valence-corrected chi connectivity index (χ0v) is 14.6. The van der Waals surface area contributed by atoms with E-state index in [1.165, 1.54) is 12.8 Å². The molecule has 2 amide bonds. The van der Waals surface area contributed by atoms with Gasteiger partial charge in [0.1, 0.15) is 0 Å². The fraction of sp³-hybridized carbons (Fsp3) is 0.882. The molecule has 6 nitrogen and oxygen atoms in total. The third-order valence-electron chi connectivity index (χ3n) is 4.94. The van der Waals surface area contributed by atoms with Crippen LogP contribution in [0, 0.1) is 0 Å². The van der Waals surface area contributed by atoms with Gasteiger partial charge < -0.3 is 10.6 Å². The zero-order valence-electron chi connectivity index (χ0n) is 14.6. The van der Waals surface area contributed by atoms with Crippen molar-refractivity contribution in [2.45, 2.75) is 58.0 Å². The van der Waals surface area contributed by atoms with E-state index in [9.17, 15) is 9.59 Å². The molecule has 1 unspecified atom stereocenters. The molecule has 0 bridgehead atoms. The van der Waals surface area contributed by atoms with E-state index in [0.717, 1.165) is 45.4 Å². The Balaban J connectivity index is 1.61. The molecule has 1 saturated carbocycles. The van der Waals surface area contributed by atoms with E-state index in [-0.39, 0.29) is 17.9 Å². The maximum Gasteiger partial charge on any atom is 0.234 e. The van der Waals surface area contributed by atoms with Crippen LogP contribution in [0.25, 0.3) is 0 Å². The molecule has 2 aliphatic rings. The number of amides is 2. The van der Waals surface area contributed by atoms with Crippen LogP contribution in [0.15, 0.2) is 0 Å². The van der Waals surface area contributed by atoms with Crippen LogP contribution in [-0.4, -0.2) is 73.0 Å². The first-order chi connectivity index (χ1) is 11.1. The van der Waals surface area contributed by atoms with Crippen LogP contribution in [0.3, 0.4) is 0 Å². The molecule has 1 atom stereocenters. The van der Waals surface area contributed by atoms with Gasteiger partial charge >= 0.3 is 0 Å². The summed E-state index contributed by atoms with van der Waals surface area (Å²) in [5.41, 5.74) is 0. The second-order valence-corrected chi connectivity index (χ2v) is 6.98. The highest BCUT2D eigenvalue weighted by atomic mass is 16.2. The Labute approximate surface area is 140 Å². The van der Waals surface area contributed by atoms with E-state index < -0.39 is 0 Å². The van der Waals surface area contributed by atoms with Gasteiger partial charge in [0.25, 0.3) is 0 Å². The minimum Gasteiger partial charge on any atom is -0.353 e. The third kappa shape index (κ3) is 6.47. The molecule has 2 N–H and O–H groups in total. The summed E-state index contributed by atoms with van der Waals surface area (Å²) in [7, 11) is 0. The summed E-state index contributed by atoms with van der Waals surface area (Å²) >= 11 is 0. The number of hydrogen-bond acceptors (Lipinski definition) is 4. The summed E-state index contributed by atoms with van der Waals surface area (Å²) in [4.78, 5) is 28.3. The van der Waals surface area contributed by atoms with E-state index in [2.05, 4.69) is 27.4 Å². The van der Waals surface area contributed by atoms with Crippen molar-refractivity contribution in [3.05, 3.63) is 0 Å². The van der Waals surface area contributed by atoms with Crippen LogP contribution in [0.4, 0.5) is 0 Å². The predicted octanol–water partition coefficient (Wildman–Crippen LogP) is 0.578. The largest absolute Gasteiger partial charge is 0.353 e. The number of rotatable bonds is 7. The van der Waals surface area contributed by atoms with Crippen LogP contribution in [0.5, 0.6) is 0 Å². The highest BCUT2D eigenvalue weighted by Gasteiger charge is 2.22. The molecule has 1 aliphatic heterocycles. The Bertz CT molecular complexity index is 388. The van der Waals surface area contributed by atoms with Crippen LogP contribution in [0.2, 0.25) is 0 Å². The summed E-state index contributed by atoms with van der Waals surface area (Å²) in [6, 6.07) is 0.635. The molecule has 0 aromatic rings. The van der Waals surface area contributed by atoms with E-state index in [4.69, 9.17) is 0 Å². The number of hydrogen-bond donors (Lipinski definition) is 2. The van der Waals surface area contributed by atoms with Gasteiger partial charge in [-0.15, -0.1) is 0 Å². The fourth-order valence-electron chi connectivity index (χ4n) is 3.28. The normalized spacial score (nSPS) is 22.0. The van der Waals surface area contributed by atoms with Crippen molar-refractivity contribution >= 4 is 11.8 Å². The van der Waals surface area contributed by atoms with E-state index >= 15 is 0 Å². The van der Waals surface area contributed by atoms with Gasteiger partial charge in [-0.1, -0.05) is 19.8 Å². The van der Waals surface area contributed by atoms with E-state index in [1.54, 1.807) is 0 Å². The molecule has 2 fully saturated rings. The van der Waals surface area contributed by atoms with Gasteiger partial charge in [-0.3, -0.25) is 19.4 Å². The zero-order chi connectivity index (χ0) is 16.7. The molecule has 0 aromatic carbocycles. The molecule has 1 heterocycles. The Hall–Kier alpha value is -1.14. The number of piperazine rings is 1. The molecule has 23 heavy (non-hydrogen) atoms. The van der Waals surface area contributed by atoms with Crippen LogP contribution >= 0.6 is 0 Å². The Kier molecular flexibility index (Phi) is 7.30. The molecule has 0 radical (unpaired) electrons. The second-order valence-electron chi connectivity index (χ2n) is 6.98. The van der Waals surface area contributed by atoms with Gasteiger partial charge in [0.05, 0.1) is 13.1 Å². The van der Waals surface area contributed by atoms with E-state index in [1.807, 2.05) is 6.92 Å². The molecule has 0 spiro atoms. The van der Waals surface area contributed by atoms with Crippen molar-refractivity contribution in [1.82, 2.24) is 20.4 Å². The first-order valence-corrected chi connectivity index (χ1v) is 9.10. The van der Waals surface area contributed by atoms with Crippen LogP contribution in [-0.2, 0) is 9.59 Å². The predicted molar refractivity (Wildman–Crippen MR) is 91.2 cm³/mol. The summed E-state index contributed by atoms with van der Waals surface area (Å²) < 4.78 is 0. The van der Waals surface area contributed by atoms with Crippen molar-refractivity contribution in [3.8, 4) is 0 Å². The summed E-state index contributed by atoms with van der Waals surface area (Å²) in [6.45, 7) is 8.47. The van der Waals surface area contributed by atoms with Gasteiger partial charge in [-0.05, 0) is 26.2 Å². The lowest BCUT2D eigenvalue weighted by molar-refractivity contribution is -0.125. The first-order valence-electron chi connectivity index (χ1n) is 9.10. The van der Waals surface area contributed by atoms with Gasteiger partial charge in [0.2, 0.25) is 11.8 Å². The number of nitrogens with one attached hydrogen (secondary N) is 2. The fourth-order valence-corrected chi connectivity index (χ4v) is 3.28. The van der Waals surface area contributed by atoms with E-state index in [0.29, 0.717) is 19.1 Å². The molecular formula is C17H32N4O2. The lowest BCUT2D eigenvalue weighted by Crippen LogP contribution is -2.52. The lowest BCUT2D eigenvalue weighted by Gasteiger charge is -2.34. The summed E-state index contributed by atoms with van der Waals surface area (Å²) in [5, 5.41) is 6.14. The van der Waals surface area contributed by atoms with Crippen molar-refractivity contribution in [1.29, 1.82) is 0 Å². The maximum absolute atomic E-state index is 12.1. The minimum atomic E-state index is 0.103. The number of carbonyl (C=O) groups excluding carboxylic acids is 2. The third-order valence-corrected chi connectivity index (χ3v) is 4.94. The van der Waals surface area contributed by atoms with Crippen molar-refractivity contribution in [2.75, 3.05) is 39.3 Å². The van der Waals surface area contributed by atoms with Gasteiger partial charge in [-0.25, -0.2) is 0 Å². The van der Waals surface area contributed by atoms with Crippen molar-refractivity contribution in [3.63, 3.8) is 0 Å². The van der Waals surface area contributed by atoms with Gasteiger partial charge in [-0.2, -0.15) is 0 Å². The molecule has 132 valence electrons. The molecule has 0 aromatic heterocycles. The Morgan fingerprint density at radius 3 is 2.04 bits per heavy atom. The standard InChI is InChI=1S/C17H32N4O2/c1-3-14(2)18-16(22)12-20-8-10-21(11-9-20)13-17(23)19-15-6-4-5-7-15/h14-15H,3-13H2,1-2H3,(H,18,22)(H,19,23). The second kappa shape index (κ2) is 9.23. The summed E-state index contributed by atoms with van der Waals surface area (Å²) in [5.74, 6) is 0.256. The SMILES string of the molecule is CCC(C)NC(=O)CN1CCN(CC(=O)NC2CCCC2)CC1. The van der Waals surface area contributed by atoms with Crippen molar-refractivity contribution in [2.24, 2.45) is 0 Å². The number of carbonyl (C=O) groups is 2. The summed E-state index contributed by atoms with van der Waals surface area (Å²) in [6.07, 6.45) is 5.69. The van der Waals surface area contributed by atoms with Gasteiger partial charge in [0, 0.05) is 38.3 Å². The highest BCUT2D eigenvalue weighted by molar-refractivity contribution is 5.79. The molecule has 2 rings (SSSR count). The molecule has 1 saturated heterocycles. The molecule has 1 aliphatic carbocycles. The highest BCUT2D eigenvalue weighted by Crippen LogP contribution is 2.17. The Morgan fingerprint density at radius 1 is 1.00 bits per heavy atom.